The van der Waals surface area contributed by atoms with Crippen LogP contribution >= 0.6 is 0 Å². The summed E-state index contributed by atoms with van der Waals surface area (Å²) in [6.07, 6.45) is 2.26. The van der Waals surface area contributed by atoms with Gasteiger partial charge in [-0.1, -0.05) is 29.8 Å². The molecule has 7 nitrogen and oxygen atoms in total. The van der Waals surface area contributed by atoms with Gasteiger partial charge < -0.3 is 14.6 Å². The van der Waals surface area contributed by atoms with Gasteiger partial charge in [-0.3, -0.25) is 9.69 Å². The normalized spacial score (nSPS) is 25.1. The molecule has 2 aliphatic rings. The number of hydrogen-bond donors (Lipinski definition) is 1. The molecule has 1 saturated heterocycles. The highest BCUT2D eigenvalue weighted by Crippen LogP contribution is 2.53. The number of rotatable bonds is 3. The van der Waals surface area contributed by atoms with Crippen LogP contribution in [0.15, 0.2) is 35.9 Å². The molecule has 1 aliphatic heterocycles. The van der Waals surface area contributed by atoms with Crippen molar-refractivity contribution in [2.45, 2.75) is 25.3 Å². The SMILES string of the molecule is C/C=C1/CN(CCO)[C@H]2C[C@@H]1[C@H](C(=O)OC)c1c2n(C(=O)OC)c2ccccc12. The van der Waals surface area contributed by atoms with E-state index >= 15 is 0 Å². The van der Waals surface area contributed by atoms with Gasteiger partial charge in [-0.05, 0) is 25.0 Å². The quantitative estimate of drug-likeness (QED) is 0.633. The van der Waals surface area contributed by atoms with Crippen LogP contribution in [0.1, 0.15) is 36.6 Å². The van der Waals surface area contributed by atoms with E-state index in [-0.39, 0.29) is 24.5 Å². The Morgan fingerprint density at radius 3 is 2.66 bits per heavy atom. The summed E-state index contributed by atoms with van der Waals surface area (Å²) in [7, 11) is 2.76. The van der Waals surface area contributed by atoms with Gasteiger partial charge in [0, 0.05) is 24.4 Å². The molecule has 3 atom stereocenters. The number of methoxy groups -OCH3 is 2. The number of piperidine rings is 1. The first-order chi connectivity index (χ1) is 14.1. The fraction of sp³-hybridized carbons (Fsp3) is 0.455. The van der Waals surface area contributed by atoms with E-state index < -0.39 is 12.0 Å². The molecule has 0 amide bonds. The smallest absolute Gasteiger partial charge is 0.418 e. The van der Waals surface area contributed by atoms with Crippen LogP contribution in [0.3, 0.4) is 0 Å². The summed E-state index contributed by atoms with van der Waals surface area (Å²) in [5.74, 6) is -0.779. The molecule has 7 heteroatoms. The Hall–Kier alpha value is -2.64. The highest BCUT2D eigenvalue weighted by molar-refractivity contribution is 5.98. The van der Waals surface area contributed by atoms with Crippen molar-refractivity contribution < 1.29 is 24.2 Å². The monoisotopic (exact) mass is 398 g/mol. The molecule has 1 aliphatic carbocycles. The van der Waals surface area contributed by atoms with Crippen molar-refractivity contribution in [3.8, 4) is 0 Å². The number of aliphatic hydroxyl groups is 1. The van der Waals surface area contributed by atoms with Crippen LogP contribution in [0.2, 0.25) is 0 Å². The number of β-amino-alcohol motifs (C(OH)–C–C–N with tert-alkyl or cyclic N) is 1. The summed E-state index contributed by atoms with van der Waals surface area (Å²) in [5, 5.41) is 10.5. The van der Waals surface area contributed by atoms with Gasteiger partial charge in [-0.2, -0.15) is 0 Å². The van der Waals surface area contributed by atoms with E-state index in [1.54, 1.807) is 4.57 Å². The van der Waals surface area contributed by atoms with Crippen molar-refractivity contribution >= 4 is 23.0 Å². The lowest BCUT2D eigenvalue weighted by molar-refractivity contribution is -0.144. The molecule has 29 heavy (non-hydrogen) atoms. The molecule has 4 rings (SSSR count). The van der Waals surface area contributed by atoms with Crippen LogP contribution in [-0.2, 0) is 14.3 Å². The number of ether oxygens (including phenoxy) is 2. The molecule has 2 heterocycles. The highest BCUT2D eigenvalue weighted by Gasteiger charge is 2.49. The Balaban J connectivity index is 2.07. The lowest BCUT2D eigenvalue weighted by Gasteiger charge is -2.47. The van der Waals surface area contributed by atoms with Gasteiger partial charge >= 0.3 is 12.1 Å². The van der Waals surface area contributed by atoms with Crippen molar-refractivity contribution in [3.63, 3.8) is 0 Å². The van der Waals surface area contributed by atoms with Crippen LogP contribution in [0.25, 0.3) is 10.9 Å². The zero-order chi connectivity index (χ0) is 20.7. The fourth-order valence-corrected chi connectivity index (χ4v) is 5.14. The largest absolute Gasteiger partial charge is 0.469 e. The molecular weight excluding hydrogens is 372 g/mol. The molecule has 2 aromatic rings. The summed E-state index contributed by atoms with van der Waals surface area (Å²) in [6, 6.07) is 7.49. The maximum absolute atomic E-state index is 13.0. The molecule has 1 aromatic carbocycles. The Morgan fingerprint density at radius 1 is 1.24 bits per heavy atom. The number of nitrogens with zero attached hydrogens (tertiary/aromatic N) is 2. The number of allylic oxidation sites excluding steroid dienone is 1. The van der Waals surface area contributed by atoms with Crippen LogP contribution in [0.4, 0.5) is 4.79 Å². The summed E-state index contributed by atoms with van der Waals surface area (Å²) in [5.41, 5.74) is 3.48. The molecule has 1 aromatic heterocycles. The topological polar surface area (TPSA) is 81.0 Å². The minimum Gasteiger partial charge on any atom is -0.469 e. The first kappa shape index (κ1) is 19.7. The number of aromatic nitrogens is 1. The molecule has 1 fully saturated rings. The maximum atomic E-state index is 13.0. The molecule has 154 valence electrons. The lowest BCUT2D eigenvalue weighted by Crippen LogP contribution is -2.47. The maximum Gasteiger partial charge on any atom is 0.418 e. The number of carbonyl (C=O) groups excluding carboxylic acids is 2. The van der Waals surface area contributed by atoms with E-state index in [1.165, 1.54) is 14.2 Å². The average molecular weight is 398 g/mol. The van der Waals surface area contributed by atoms with Gasteiger partial charge in [-0.25, -0.2) is 9.36 Å². The van der Waals surface area contributed by atoms with Crippen LogP contribution < -0.4 is 0 Å². The third-order valence-corrected chi connectivity index (χ3v) is 6.33. The second-order valence-electron chi connectivity index (χ2n) is 7.54. The second-order valence-corrected chi connectivity index (χ2v) is 7.54. The average Bonchev–Trinajstić information content (AvgIpc) is 3.09. The molecule has 0 spiro atoms. The van der Waals surface area contributed by atoms with E-state index in [0.29, 0.717) is 19.5 Å². The van der Waals surface area contributed by atoms with Crippen LogP contribution in [-0.4, -0.2) is 60.6 Å². The molecular formula is C22H26N2O5. The van der Waals surface area contributed by atoms with E-state index in [4.69, 9.17) is 9.47 Å². The number of hydrogen-bond acceptors (Lipinski definition) is 6. The number of esters is 1. The third-order valence-electron chi connectivity index (χ3n) is 6.33. The minimum absolute atomic E-state index is 0.00297. The van der Waals surface area contributed by atoms with E-state index in [1.807, 2.05) is 31.2 Å². The van der Waals surface area contributed by atoms with Gasteiger partial charge in [0.15, 0.2) is 0 Å². The minimum atomic E-state index is -0.482. The van der Waals surface area contributed by atoms with Crippen molar-refractivity contribution in [3.05, 3.63) is 47.2 Å². The van der Waals surface area contributed by atoms with Crippen molar-refractivity contribution in [1.82, 2.24) is 9.47 Å². The van der Waals surface area contributed by atoms with E-state index in [9.17, 15) is 14.7 Å². The molecule has 1 N–H and O–H groups in total. The molecule has 2 bridgehead atoms. The summed E-state index contributed by atoms with van der Waals surface area (Å²) in [4.78, 5) is 27.9. The number of likely N-dealkylation sites (tertiary alicyclic amines) is 1. The van der Waals surface area contributed by atoms with Gasteiger partial charge in [0.25, 0.3) is 0 Å². The Morgan fingerprint density at radius 2 is 2.00 bits per heavy atom. The molecule has 0 radical (unpaired) electrons. The fourth-order valence-electron chi connectivity index (χ4n) is 5.14. The highest BCUT2D eigenvalue weighted by atomic mass is 16.5. The molecule has 0 unspecified atom stereocenters. The van der Waals surface area contributed by atoms with Gasteiger partial charge in [0.2, 0.25) is 0 Å². The number of carbonyl (C=O) groups is 2. The third kappa shape index (κ3) is 2.88. The Kier molecular flexibility index (Phi) is 5.19. The zero-order valence-electron chi connectivity index (χ0n) is 16.9. The van der Waals surface area contributed by atoms with Crippen molar-refractivity contribution in [2.75, 3.05) is 33.9 Å². The predicted molar refractivity (Wildman–Crippen MR) is 108 cm³/mol. The lowest BCUT2D eigenvalue weighted by atomic mass is 9.68. The predicted octanol–water partition coefficient (Wildman–Crippen LogP) is 2.83. The number of fused-ring (bicyclic) bond motifs is 6. The molecule has 0 saturated carbocycles. The second kappa shape index (κ2) is 7.65. The first-order valence-corrected chi connectivity index (χ1v) is 9.86. The van der Waals surface area contributed by atoms with Crippen LogP contribution in [0.5, 0.6) is 0 Å². The Labute approximate surface area is 169 Å². The summed E-state index contributed by atoms with van der Waals surface area (Å²) in [6.45, 7) is 3.13. The first-order valence-electron chi connectivity index (χ1n) is 9.86. The number of benzene rings is 1. The number of para-hydroxylation sites is 1. The van der Waals surface area contributed by atoms with Crippen LogP contribution in [0, 0.1) is 5.92 Å². The van der Waals surface area contributed by atoms with Crippen molar-refractivity contribution in [1.29, 1.82) is 0 Å². The summed E-state index contributed by atoms with van der Waals surface area (Å²) >= 11 is 0. The van der Waals surface area contributed by atoms with E-state index in [0.717, 1.165) is 27.7 Å². The van der Waals surface area contributed by atoms with Gasteiger partial charge in [-0.15, -0.1) is 0 Å². The zero-order valence-corrected chi connectivity index (χ0v) is 16.9. The van der Waals surface area contributed by atoms with Crippen molar-refractivity contribution in [2.24, 2.45) is 5.92 Å². The van der Waals surface area contributed by atoms with Gasteiger partial charge in [0.05, 0.1) is 44.0 Å². The number of aliphatic hydroxyl groups excluding tert-OH is 1. The van der Waals surface area contributed by atoms with E-state index in [2.05, 4.69) is 11.0 Å². The Bertz CT molecular complexity index is 992. The van der Waals surface area contributed by atoms with Gasteiger partial charge in [0.1, 0.15) is 0 Å². The summed E-state index contributed by atoms with van der Waals surface area (Å²) < 4.78 is 11.9. The standard InChI is InChI=1S/C22H26N2O5/c1-4-13-12-23(9-10-25)17-11-15(13)19(21(26)28-2)18-14-7-5-6-8-16(14)24(20(17)18)22(27)29-3/h4-8,15,17,19,25H,9-12H2,1-3H3/b13-4-/t15-,17-,19-/m0/s1.